The summed E-state index contributed by atoms with van der Waals surface area (Å²) in [5.74, 6) is -0.735. The molecule has 1 heterocycles. The van der Waals surface area contributed by atoms with Crippen LogP contribution in [0.1, 0.15) is 25.8 Å². The second-order valence-corrected chi connectivity index (χ2v) is 4.75. The number of hydrogen-bond donors (Lipinski definition) is 1. The minimum Gasteiger partial charge on any atom is -0.481 e. The molecule has 0 aliphatic heterocycles. The summed E-state index contributed by atoms with van der Waals surface area (Å²) in [6.45, 7) is 4.99. The minimum absolute atomic E-state index is 0.543. The Hall–Kier alpha value is -1.42. The van der Waals surface area contributed by atoms with E-state index in [0.717, 1.165) is 12.1 Å². The van der Waals surface area contributed by atoms with Gasteiger partial charge in [0.1, 0.15) is 0 Å². The zero-order valence-electron chi connectivity index (χ0n) is 10.7. The quantitative estimate of drug-likeness (QED) is 0.821. The van der Waals surface area contributed by atoms with Crippen LogP contribution in [0.2, 0.25) is 0 Å². The van der Waals surface area contributed by atoms with Gasteiger partial charge in [-0.2, -0.15) is 0 Å². The summed E-state index contributed by atoms with van der Waals surface area (Å²) >= 11 is 0. The van der Waals surface area contributed by atoms with Crippen LogP contribution in [0.5, 0.6) is 0 Å². The van der Waals surface area contributed by atoms with E-state index >= 15 is 0 Å². The highest BCUT2D eigenvalue weighted by Gasteiger charge is 2.32. The molecule has 0 radical (unpaired) electrons. The van der Waals surface area contributed by atoms with Crippen molar-refractivity contribution >= 4 is 5.97 Å². The minimum atomic E-state index is -0.735. The number of pyridine rings is 1. The predicted molar refractivity (Wildman–Crippen MR) is 66.6 cm³/mol. The molecule has 0 saturated heterocycles. The van der Waals surface area contributed by atoms with Crippen LogP contribution < -0.4 is 0 Å². The number of rotatable bonds is 6. The van der Waals surface area contributed by atoms with E-state index in [1.165, 1.54) is 0 Å². The summed E-state index contributed by atoms with van der Waals surface area (Å²) in [5, 5.41) is 9.21. The average Bonchev–Trinajstić information content (AvgIpc) is 2.29. The summed E-state index contributed by atoms with van der Waals surface area (Å²) in [6.07, 6.45) is 4.13. The molecule has 17 heavy (non-hydrogen) atoms. The first-order chi connectivity index (χ1) is 7.98. The van der Waals surface area contributed by atoms with E-state index in [1.54, 1.807) is 19.3 Å². The maximum absolute atomic E-state index is 11.2. The van der Waals surface area contributed by atoms with Crippen molar-refractivity contribution in [3.05, 3.63) is 30.1 Å². The average molecular weight is 236 g/mol. The van der Waals surface area contributed by atoms with Crippen molar-refractivity contribution in [2.24, 2.45) is 5.41 Å². The van der Waals surface area contributed by atoms with E-state index in [4.69, 9.17) is 0 Å². The number of carboxylic acid groups (broad SMARTS) is 1. The van der Waals surface area contributed by atoms with Gasteiger partial charge in [0.25, 0.3) is 0 Å². The van der Waals surface area contributed by atoms with Crippen LogP contribution in [0.3, 0.4) is 0 Å². The standard InChI is InChI=1S/C13H20N2O2/c1-4-13(2,12(16)17)10-15(3)9-11-5-7-14-8-6-11/h5-8H,4,9-10H2,1-3H3,(H,16,17). The Morgan fingerprint density at radius 3 is 2.53 bits per heavy atom. The topological polar surface area (TPSA) is 53.4 Å². The fourth-order valence-corrected chi connectivity index (χ4v) is 1.78. The van der Waals surface area contributed by atoms with Gasteiger partial charge in [0, 0.05) is 25.5 Å². The third-order valence-corrected chi connectivity index (χ3v) is 3.12. The van der Waals surface area contributed by atoms with Gasteiger partial charge in [-0.3, -0.25) is 9.78 Å². The molecule has 1 rings (SSSR count). The summed E-state index contributed by atoms with van der Waals surface area (Å²) in [6, 6.07) is 3.89. The molecule has 94 valence electrons. The molecule has 1 aromatic rings. The highest BCUT2D eigenvalue weighted by Crippen LogP contribution is 2.23. The second kappa shape index (κ2) is 5.77. The Morgan fingerprint density at radius 1 is 1.47 bits per heavy atom. The van der Waals surface area contributed by atoms with Gasteiger partial charge in [0.2, 0.25) is 0 Å². The number of carboxylic acids is 1. The van der Waals surface area contributed by atoms with Crippen LogP contribution in [0, 0.1) is 5.41 Å². The summed E-state index contributed by atoms with van der Waals surface area (Å²) in [7, 11) is 1.94. The first-order valence-electron chi connectivity index (χ1n) is 5.79. The SMILES string of the molecule is CCC(C)(CN(C)Cc1ccncc1)C(=O)O. The number of carbonyl (C=O) groups is 1. The van der Waals surface area contributed by atoms with Gasteiger partial charge >= 0.3 is 5.97 Å². The van der Waals surface area contributed by atoms with Crippen molar-refractivity contribution in [3.63, 3.8) is 0 Å². The molecule has 0 saturated carbocycles. The van der Waals surface area contributed by atoms with Crippen molar-refractivity contribution in [1.29, 1.82) is 0 Å². The molecule has 4 heteroatoms. The fourth-order valence-electron chi connectivity index (χ4n) is 1.78. The van der Waals surface area contributed by atoms with Gasteiger partial charge in [-0.05, 0) is 38.1 Å². The Morgan fingerprint density at radius 2 is 2.06 bits per heavy atom. The molecule has 0 aliphatic rings. The van der Waals surface area contributed by atoms with Crippen LogP contribution in [0.25, 0.3) is 0 Å². The third-order valence-electron chi connectivity index (χ3n) is 3.12. The highest BCUT2D eigenvalue weighted by molar-refractivity contribution is 5.74. The molecule has 0 spiro atoms. The highest BCUT2D eigenvalue weighted by atomic mass is 16.4. The molecule has 1 unspecified atom stereocenters. The van der Waals surface area contributed by atoms with Gasteiger partial charge in [-0.15, -0.1) is 0 Å². The lowest BCUT2D eigenvalue weighted by Gasteiger charge is -2.29. The van der Waals surface area contributed by atoms with E-state index in [2.05, 4.69) is 4.98 Å². The van der Waals surface area contributed by atoms with E-state index in [9.17, 15) is 9.90 Å². The molecule has 1 aromatic heterocycles. The van der Waals surface area contributed by atoms with Crippen LogP contribution in [-0.4, -0.2) is 34.6 Å². The Kier molecular flexibility index (Phi) is 4.63. The lowest BCUT2D eigenvalue weighted by atomic mass is 9.87. The van der Waals surface area contributed by atoms with E-state index in [1.807, 2.05) is 31.0 Å². The zero-order chi connectivity index (χ0) is 12.9. The maximum atomic E-state index is 11.2. The van der Waals surface area contributed by atoms with Gasteiger partial charge in [-0.1, -0.05) is 6.92 Å². The molecule has 4 nitrogen and oxygen atoms in total. The monoisotopic (exact) mass is 236 g/mol. The van der Waals surface area contributed by atoms with Crippen molar-refractivity contribution in [2.45, 2.75) is 26.8 Å². The normalized spacial score (nSPS) is 14.6. The first kappa shape index (κ1) is 13.6. The third kappa shape index (κ3) is 3.82. The van der Waals surface area contributed by atoms with Crippen LogP contribution in [-0.2, 0) is 11.3 Å². The van der Waals surface area contributed by atoms with Gasteiger partial charge in [0.15, 0.2) is 0 Å². The smallest absolute Gasteiger partial charge is 0.310 e. The molecular formula is C13H20N2O2. The van der Waals surface area contributed by atoms with Crippen molar-refractivity contribution in [3.8, 4) is 0 Å². The number of aliphatic carboxylic acids is 1. The van der Waals surface area contributed by atoms with Crippen molar-refractivity contribution in [2.75, 3.05) is 13.6 Å². The summed E-state index contributed by atoms with van der Waals surface area (Å²) < 4.78 is 0. The maximum Gasteiger partial charge on any atom is 0.310 e. The largest absolute Gasteiger partial charge is 0.481 e. The van der Waals surface area contributed by atoms with Crippen LogP contribution in [0.15, 0.2) is 24.5 Å². The first-order valence-corrected chi connectivity index (χ1v) is 5.79. The van der Waals surface area contributed by atoms with E-state index < -0.39 is 11.4 Å². The second-order valence-electron chi connectivity index (χ2n) is 4.75. The lowest BCUT2D eigenvalue weighted by molar-refractivity contribution is -0.149. The molecule has 0 amide bonds. The van der Waals surface area contributed by atoms with E-state index in [0.29, 0.717) is 13.0 Å². The molecule has 1 atom stereocenters. The fraction of sp³-hybridized carbons (Fsp3) is 0.538. The molecule has 0 aromatic carbocycles. The van der Waals surface area contributed by atoms with Gasteiger partial charge < -0.3 is 10.0 Å². The van der Waals surface area contributed by atoms with Gasteiger partial charge in [-0.25, -0.2) is 0 Å². The lowest BCUT2D eigenvalue weighted by Crippen LogP contribution is -2.38. The van der Waals surface area contributed by atoms with Gasteiger partial charge in [0.05, 0.1) is 5.41 Å². The van der Waals surface area contributed by atoms with E-state index in [-0.39, 0.29) is 0 Å². The Labute approximate surface area is 102 Å². The van der Waals surface area contributed by atoms with Crippen molar-refractivity contribution < 1.29 is 9.90 Å². The van der Waals surface area contributed by atoms with Crippen LogP contribution in [0.4, 0.5) is 0 Å². The molecule has 0 bridgehead atoms. The molecule has 0 aliphatic carbocycles. The zero-order valence-corrected chi connectivity index (χ0v) is 10.7. The number of nitrogens with zero attached hydrogens (tertiary/aromatic N) is 2. The van der Waals surface area contributed by atoms with Crippen LogP contribution >= 0.6 is 0 Å². The molecule has 0 fully saturated rings. The Balaban J connectivity index is 2.60. The summed E-state index contributed by atoms with van der Waals surface area (Å²) in [4.78, 5) is 17.2. The number of hydrogen-bond acceptors (Lipinski definition) is 3. The number of aromatic nitrogens is 1. The van der Waals surface area contributed by atoms with Crippen molar-refractivity contribution in [1.82, 2.24) is 9.88 Å². The molecule has 1 N–H and O–H groups in total. The predicted octanol–water partition coefficient (Wildman–Crippen LogP) is 2.01. The molecular weight excluding hydrogens is 216 g/mol. The Bertz CT molecular complexity index is 367. The summed E-state index contributed by atoms with van der Waals surface area (Å²) in [5.41, 5.74) is 0.466.